The molecule has 0 aromatic heterocycles. The molecule has 0 fully saturated rings. The van der Waals surface area contributed by atoms with Crippen LogP contribution in [0, 0.1) is 0 Å². The number of fused-ring (bicyclic) bond motifs is 1. The van der Waals surface area contributed by atoms with Crippen molar-refractivity contribution in [2.24, 2.45) is 0 Å². The van der Waals surface area contributed by atoms with E-state index in [2.05, 4.69) is 51.1 Å². The minimum absolute atomic E-state index is 0.169. The topological polar surface area (TPSA) is 17.1 Å². The zero-order chi connectivity index (χ0) is 14.3. The molecule has 0 bridgehead atoms. The van der Waals surface area contributed by atoms with Gasteiger partial charge in [-0.05, 0) is 22.1 Å². The Morgan fingerprint density at radius 3 is 2.25 bits per heavy atom. The molecule has 0 unspecified atom stereocenters. The van der Waals surface area contributed by atoms with Crippen molar-refractivity contribution in [3.8, 4) is 0 Å². The van der Waals surface area contributed by atoms with Gasteiger partial charge in [-0.2, -0.15) is 0 Å². The minimum Gasteiger partial charge on any atom is -0.294 e. The lowest BCUT2D eigenvalue weighted by atomic mass is 9.85. The maximum atomic E-state index is 12.1. The van der Waals surface area contributed by atoms with E-state index in [1.54, 1.807) is 0 Å². The zero-order valence-corrected chi connectivity index (χ0v) is 12.3. The summed E-state index contributed by atoms with van der Waals surface area (Å²) in [6.45, 7) is 6.66. The number of rotatable bonds is 1. The molecular formula is C19H20O. The van der Waals surface area contributed by atoms with Crippen molar-refractivity contribution < 1.29 is 4.79 Å². The number of carbonyl (C=O) groups is 1. The van der Waals surface area contributed by atoms with Gasteiger partial charge in [-0.3, -0.25) is 4.79 Å². The first-order valence-electron chi connectivity index (χ1n) is 7.19. The molecule has 2 aromatic carbocycles. The van der Waals surface area contributed by atoms with Crippen LogP contribution in [0.5, 0.6) is 0 Å². The summed E-state index contributed by atoms with van der Waals surface area (Å²) in [7, 11) is 0. The molecule has 0 spiro atoms. The summed E-state index contributed by atoms with van der Waals surface area (Å²) < 4.78 is 0. The summed E-state index contributed by atoms with van der Waals surface area (Å²) in [5.74, 6) is 0.498. The molecule has 0 radical (unpaired) electrons. The summed E-state index contributed by atoms with van der Waals surface area (Å²) in [5.41, 5.74) is 4.83. The lowest BCUT2D eigenvalue weighted by Crippen LogP contribution is -2.11. The second-order valence-electron chi connectivity index (χ2n) is 6.64. The predicted molar refractivity (Wildman–Crippen MR) is 82.4 cm³/mol. The predicted octanol–water partition coefficient (Wildman–Crippen LogP) is 4.70. The lowest BCUT2D eigenvalue weighted by Gasteiger charge is -2.20. The van der Waals surface area contributed by atoms with E-state index in [-0.39, 0.29) is 17.1 Å². The summed E-state index contributed by atoms with van der Waals surface area (Å²) >= 11 is 0. The van der Waals surface area contributed by atoms with E-state index in [9.17, 15) is 4.79 Å². The van der Waals surface area contributed by atoms with E-state index in [1.165, 1.54) is 16.7 Å². The quantitative estimate of drug-likeness (QED) is 0.729. The standard InChI is InChI=1S/C19H20O/c1-19(2,3)14-10-8-13(9-11-14)17-12-18(20)16-7-5-4-6-15(16)17/h4-11,17H,12H2,1-3H3/t17-/m0/s1. The number of hydrogen-bond donors (Lipinski definition) is 0. The third-order valence-electron chi connectivity index (χ3n) is 4.21. The van der Waals surface area contributed by atoms with Gasteiger partial charge in [-0.1, -0.05) is 69.3 Å². The highest BCUT2D eigenvalue weighted by molar-refractivity contribution is 6.01. The first-order valence-corrected chi connectivity index (χ1v) is 7.19. The van der Waals surface area contributed by atoms with Gasteiger partial charge < -0.3 is 0 Å². The fourth-order valence-electron chi connectivity index (χ4n) is 2.97. The van der Waals surface area contributed by atoms with Crippen molar-refractivity contribution in [3.05, 3.63) is 70.8 Å². The van der Waals surface area contributed by atoms with Crippen LogP contribution in [0.3, 0.4) is 0 Å². The molecule has 1 aliphatic rings. The SMILES string of the molecule is CC(C)(C)c1ccc([C@@H]2CC(=O)c3ccccc32)cc1. The van der Waals surface area contributed by atoms with Crippen LogP contribution in [0.2, 0.25) is 0 Å². The minimum atomic E-state index is 0.169. The van der Waals surface area contributed by atoms with Crippen molar-refractivity contribution in [3.63, 3.8) is 0 Å². The third-order valence-corrected chi connectivity index (χ3v) is 4.21. The zero-order valence-electron chi connectivity index (χ0n) is 12.3. The van der Waals surface area contributed by atoms with E-state index in [4.69, 9.17) is 0 Å². The van der Waals surface area contributed by atoms with Crippen LogP contribution in [-0.4, -0.2) is 5.78 Å². The fraction of sp³-hybridized carbons (Fsp3) is 0.316. The van der Waals surface area contributed by atoms with Crippen LogP contribution in [0.15, 0.2) is 48.5 Å². The number of benzene rings is 2. The average molecular weight is 264 g/mol. The monoisotopic (exact) mass is 264 g/mol. The molecule has 102 valence electrons. The molecule has 0 heterocycles. The van der Waals surface area contributed by atoms with E-state index in [1.807, 2.05) is 18.2 Å². The first-order chi connectivity index (χ1) is 9.47. The Morgan fingerprint density at radius 1 is 0.950 bits per heavy atom. The van der Waals surface area contributed by atoms with Crippen molar-refractivity contribution >= 4 is 5.78 Å². The maximum absolute atomic E-state index is 12.1. The van der Waals surface area contributed by atoms with E-state index >= 15 is 0 Å². The van der Waals surface area contributed by atoms with Crippen molar-refractivity contribution in [1.29, 1.82) is 0 Å². The van der Waals surface area contributed by atoms with Gasteiger partial charge in [0.15, 0.2) is 5.78 Å². The second-order valence-corrected chi connectivity index (χ2v) is 6.64. The molecule has 0 saturated carbocycles. The Bertz CT molecular complexity index is 644. The first kappa shape index (κ1) is 13.1. The van der Waals surface area contributed by atoms with Crippen molar-refractivity contribution in [2.45, 2.75) is 38.5 Å². The van der Waals surface area contributed by atoms with Crippen LogP contribution < -0.4 is 0 Å². The van der Waals surface area contributed by atoms with Crippen LogP contribution in [-0.2, 0) is 5.41 Å². The van der Waals surface area contributed by atoms with Gasteiger partial charge in [0.05, 0.1) is 0 Å². The molecule has 0 aliphatic heterocycles. The van der Waals surface area contributed by atoms with E-state index in [0.717, 1.165) is 5.56 Å². The Hall–Kier alpha value is -1.89. The third kappa shape index (κ3) is 2.18. The van der Waals surface area contributed by atoms with Gasteiger partial charge in [0, 0.05) is 17.9 Å². The number of Topliss-reactive ketones (excluding diaryl/α,β-unsaturated/α-hetero) is 1. The second kappa shape index (κ2) is 4.59. The van der Waals surface area contributed by atoms with Crippen molar-refractivity contribution in [1.82, 2.24) is 0 Å². The highest BCUT2D eigenvalue weighted by Crippen LogP contribution is 2.38. The highest BCUT2D eigenvalue weighted by atomic mass is 16.1. The van der Waals surface area contributed by atoms with Crippen molar-refractivity contribution in [2.75, 3.05) is 0 Å². The Balaban J connectivity index is 1.97. The van der Waals surface area contributed by atoms with Crippen LogP contribution >= 0.6 is 0 Å². The highest BCUT2D eigenvalue weighted by Gasteiger charge is 2.29. The van der Waals surface area contributed by atoms with Crippen LogP contribution in [0.25, 0.3) is 0 Å². The van der Waals surface area contributed by atoms with Gasteiger partial charge in [-0.15, -0.1) is 0 Å². The molecule has 0 saturated heterocycles. The van der Waals surface area contributed by atoms with Gasteiger partial charge in [0.1, 0.15) is 0 Å². The summed E-state index contributed by atoms with van der Waals surface area (Å²) in [5, 5.41) is 0. The van der Waals surface area contributed by atoms with Gasteiger partial charge in [-0.25, -0.2) is 0 Å². The summed E-state index contributed by atoms with van der Waals surface area (Å²) in [6.07, 6.45) is 0.605. The molecule has 2 aromatic rings. The van der Waals surface area contributed by atoms with Crippen LogP contribution in [0.1, 0.15) is 60.2 Å². The molecule has 1 heteroatoms. The molecule has 1 aliphatic carbocycles. The Labute approximate surface area is 120 Å². The Kier molecular flexibility index (Phi) is 3.01. The molecule has 3 rings (SSSR count). The molecule has 1 atom stereocenters. The molecular weight excluding hydrogens is 244 g/mol. The summed E-state index contributed by atoms with van der Waals surface area (Å²) in [6, 6.07) is 16.8. The lowest BCUT2D eigenvalue weighted by molar-refractivity contribution is 0.0991. The molecule has 0 amide bonds. The summed E-state index contributed by atoms with van der Waals surface area (Å²) in [4.78, 5) is 12.1. The average Bonchev–Trinajstić information content (AvgIpc) is 2.76. The van der Waals surface area contributed by atoms with Gasteiger partial charge >= 0.3 is 0 Å². The number of carbonyl (C=O) groups excluding carboxylic acids is 1. The van der Waals surface area contributed by atoms with Crippen LogP contribution in [0.4, 0.5) is 0 Å². The van der Waals surface area contributed by atoms with E-state index in [0.29, 0.717) is 6.42 Å². The molecule has 1 nitrogen and oxygen atoms in total. The van der Waals surface area contributed by atoms with E-state index < -0.39 is 0 Å². The smallest absolute Gasteiger partial charge is 0.164 e. The Morgan fingerprint density at radius 2 is 1.60 bits per heavy atom. The molecule has 0 N–H and O–H groups in total. The normalized spacial score (nSPS) is 18.1. The number of ketones is 1. The number of hydrogen-bond acceptors (Lipinski definition) is 1. The fourth-order valence-corrected chi connectivity index (χ4v) is 2.97. The van der Waals surface area contributed by atoms with Gasteiger partial charge in [0.25, 0.3) is 0 Å². The largest absolute Gasteiger partial charge is 0.294 e. The van der Waals surface area contributed by atoms with Gasteiger partial charge in [0.2, 0.25) is 0 Å². The molecule has 20 heavy (non-hydrogen) atoms. The maximum Gasteiger partial charge on any atom is 0.164 e.